The van der Waals surface area contributed by atoms with Gasteiger partial charge in [0.25, 0.3) is 5.91 Å². The van der Waals surface area contributed by atoms with Gasteiger partial charge in [-0.25, -0.2) is 4.39 Å². The van der Waals surface area contributed by atoms with Crippen LogP contribution in [0, 0.1) is 11.2 Å². The second-order valence-corrected chi connectivity index (χ2v) is 7.41. The minimum atomic E-state index is -0.536. The molecule has 0 radical (unpaired) electrons. The first-order valence-electron chi connectivity index (χ1n) is 9.31. The van der Waals surface area contributed by atoms with Gasteiger partial charge in [0.15, 0.2) is 0 Å². The number of likely N-dealkylation sites (tertiary alicyclic amines) is 2. The number of aromatic nitrogens is 1. The zero-order valence-corrected chi connectivity index (χ0v) is 15.1. The Balaban J connectivity index is 1.49. The van der Waals surface area contributed by atoms with Gasteiger partial charge >= 0.3 is 0 Å². The maximum atomic E-state index is 14.0. The Kier molecular flexibility index (Phi) is 4.64. The molecule has 1 aromatic carbocycles. The minimum absolute atomic E-state index is 0.0435. The molecule has 1 spiro atoms. The van der Waals surface area contributed by atoms with Gasteiger partial charge in [0.2, 0.25) is 5.91 Å². The lowest BCUT2D eigenvalue weighted by Gasteiger charge is -2.39. The zero-order valence-electron chi connectivity index (χ0n) is 15.1. The quantitative estimate of drug-likeness (QED) is 0.838. The largest absolute Gasteiger partial charge is 0.338 e. The average Bonchev–Trinajstić information content (AvgIpc) is 3.12. The fourth-order valence-corrected chi connectivity index (χ4v) is 4.24. The lowest BCUT2D eigenvalue weighted by Crippen LogP contribution is -2.50. The lowest BCUT2D eigenvalue weighted by atomic mass is 9.78. The number of carbonyl (C=O) groups is 2. The van der Waals surface area contributed by atoms with E-state index < -0.39 is 5.41 Å². The third-order valence-electron chi connectivity index (χ3n) is 5.71. The summed E-state index contributed by atoms with van der Waals surface area (Å²) in [6.45, 7) is 1.92. The average molecular weight is 367 g/mol. The van der Waals surface area contributed by atoms with Crippen molar-refractivity contribution in [2.45, 2.75) is 25.8 Å². The third-order valence-corrected chi connectivity index (χ3v) is 5.71. The van der Waals surface area contributed by atoms with Gasteiger partial charge in [-0.1, -0.05) is 18.2 Å². The van der Waals surface area contributed by atoms with Gasteiger partial charge in [-0.05, 0) is 37.5 Å². The number of amides is 2. The molecule has 2 fully saturated rings. The molecule has 2 aromatic rings. The highest BCUT2D eigenvalue weighted by atomic mass is 19.1. The Hall–Kier alpha value is -2.76. The molecule has 0 saturated carbocycles. The van der Waals surface area contributed by atoms with E-state index in [4.69, 9.17) is 0 Å². The summed E-state index contributed by atoms with van der Waals surface area (Å²) in [5, 5.41) is 0. The summed E-state index contributed by atoms with van der Waals surface area (Å²) in [6, 6.07) is 9.97. The van der Waals surface area contributed by atoms with E-state index in [0.717, 1.165) is 12.8 Å². The number of hydrogen-bond acceptors (Lipinski definition) is 3. The number of rotatable bonds is 3. The van der Waals surface area contributed by atoms with Crippen molar-refractivity contribution in [1.29, 1.82) is 0 Å². The molecule has 0 unspecified atom stereocenters. The predicted octanol–water partition coefficient (Wildman–Crippen LogP) is 2.88. The molecule has 2 aliphatic heterocycles. The predicted molar refractivity (Wildman–Crippen MR) is 98.2 cm³/mol. The molecule has 0 bridgehead atoms. The first kappa shape index (κ1) is 17.6. The molecule has 27 heavy (non-hydrogen) atoms. The number of halogens is 1. The molecule has 2 amide bonds. The Morgan fingerprint density at radius 1 is 1.11 bits per heavy atom. The first-order valence-corrected chi connectivity index (χ1v) is 9.31. The second kappa shape index (κ2) is 7.10. The molecule has 3 heterocycles. The van der Waals surface area contributed by atoms with Crippen LogP contribution in [0.25, 0.3) is 0 Å². The van der Waals surface area contributed by atoms with E-state index in [1.54, 1.807) is 52.5 Å². The van der Waals surface area contributed by atoms with Crippen molar-refractivity contribution < 1.29 is 14.0 Å². The number of pyridine rings is 1. The van der Waals surface area contributed by atoms with Gasteiger partial charge in [0.1, 0.15) is 5.82 Å². The highest BCUT2D eigenvalue weighted by Gasteiger charge is 2.49. The maximum Gasteiger partial charge on any atom is 0.253 e. The lowest BCUT2D eigenvalue weighted by molar-refractivity contribution is -0.146. The van der Waals surface area contributed by atoms with Crippen LogP contribution in [-0.2, 0) is 11.3 Å². The molecule has 4 rings (SSSR count). The molecule has 0 N–H and O–H groups in total. The van der Waals surface area contributed by atoms with Gasteiger partial charge in [-0.2, -0.15) is 0 Å². The summed E-state index contributed by atoms with van der Waals surface area (Å²) in [5.41, 5.74) is 0.589. The van der Waals surface area contributed by atoms with Gasteiger partial charge in [0, 0.05) is 49.7 Å². The van der Waals surface area contributed by atoms with Crippen LogP contribution in [0.4, 0.5) is 4.39 Å². The monoisotopic (exact) mass is 367 g/mol. The molecule has 1 aromatic heterocycles. The van der Waals surface area contributed by atoms with Crippen LogP contribution in [0.5, 0.6) is 0 Å². The highest BCUT2D eigenvalue weighted by molar-refractivity contribution is 5.95. The van der Waals surface area contributed by atoms with Crippen molar-refractivity contribution in [2.75, 3.05) is 19.6 Å². The van der Waals surface area contributed by atoms with Crippen molar-refractivity contribution in [3.8, 4) is 0 Å². The summed E-state index contributed by atoms with van der Waals surface area (Å²) in [7, 11) is 0. The summed E-state index contributed by atoms with van der Waals surface area (Å²) < 4.78 is 14.0. The number of piperidine rings is 1. The van der Waals surface area contributed by atoms with Crippen molar-refractivity contribution in [3.05, 3.63) is 65.7 Å². The van der Waals surface area contributed by atoms with Gasteiger partial charge in [-0.3, -0.25) is 14.6 Å². The zero-order chi connectivity index (χ0) is 18.9. The van der Waals surface area contributed by atoms with Crippen LogP contribution in [0.2, 0.25) is 0 Å². The van der Waals surface area contributed by atoms with Gasteiger partial charge in [-0.15, -0.1) is 0 Å². The SMILES string of the molecule is O=C(c1ccncc1)N1CC[C@]2(CCCN(Cc3ccccc3F)C2=O)C1. The highest BCUT2D eigenvalue weighted by Crippen LogP contribution is 2.41. The van der Waals surface area contributed by atoms with Crippen molar-refractivity contribution >= 4 is 11.8 Å². The molecule has 5 nitrogen and oxygen atoms in total. The summed E-state index contributed by atoms with van der Waals surface area (Å²) in [5.74, 6) is -0.304. The first-order chi connectivity index (χ1) is 13.1. The Morgan fingerprint density at radius 3 is 2.67 bits per heavy atom. The Labute approximate surface area is 157 Å². The maximum absolute atomic E-state index is 14.0. The van der Waals surface area contributed by atoms with Gasteiger partial charge in [0.05, 0.1) is 5.41 Å². The van der Waals surface area contributed by atoms with Crippen LogP contribution in [-0.4, -0.2) is 46.2 Å². The van der Waals surface area contributed by atoms with Crippen LogP contribution in [0.15, 0.2) is 48.8 Å². The molecule has 1 atom stereocenters. The fraction of sp³-hybridized carbons (Fsp3) is 0.381. The summed E-state index contributed by atoms with van der Waals surface area (Å²) >= 11 is 0. The van der Waals surface area contributed by atoms with E-state index in [1.807, 2.05) is 0 Å². The molecule has 2 saturated heterocycles. The van der Waals surface area contributed by atoms with E-state index in [1.165, 1.54) is 6.07 Å². The standard InChI is InChI=1S/C21H22FN3O2/c22-18-5-2-1-4-17(18)14-24-12-3-8-21(20(24)27)9-13-25(15-21)19(26)16-6-10-23-11-7-16/h1-2,4-7,10-11H,3,8-9,12-15H2/t21-/m1/s1. The molecular formula is C21H22FN3O2. The molecule has 0 aliphatic carbocycles. The molecule has 6 heteroatoms. The molecular weight excluding hydrogens is 345 g/mol. The Morgan fingerprint density at radius 2 is 1.89 bits per heavy atom. The van der Waals surface area contributed by atoms with E-state index in [-0.39, 0.29) is 24.2 Å². The smallest absolute Gasteiger partial charge is 0.253 e. The van der Waals surface area contributed by atoms with E-state index >= 15 is 0 Å². The molecule has 140 valence electrons. The number of nitrogens with zero attached hydrogens (tertiary/aromatic N) is 3. The van der Waals surface area contributed by atoms with Crippen molar-refractivity contribution in [1.82, 2.24) is 14.8 Å². The number of benzene rings is 1. The van der Waals surface area contributed by atoms with Gasteiger partial charge < -0.3 is 9.80 Å². The topological polar surface area (TPSA) is 53.5 Å². The van der Waals surface area contributed by atoms with E-state index in [9.17, 15) is 14.0 Å². The normalized spacial score (nSPS) is 22.5. The Bertz CT molecular complexity index is 858. The van der Waals surface area contributed by atoms with Crippen molar-refractivity contribution in [3.63, 3.8) is 0 Å². The van der Waals surface area contributed by atoms with Crippen LogP contribution in [0.3, 0.4) is 0 Å². The summed E-state index contributed by atoms with van der Waals surface area (Å²) in [4.78, 5) is 33.4. The van der Waals surface area contributed by atoms with Crippen molar-refractivity contribution in [2.24, 2.45) is 5.41 Å². The summed E-state index contributed by atoms with van der Waals surface area (Å²) in [6.07, 6.45) is 5.51. The fourth-order valence-electron chi connectivity index (χ4n) is 4.24. The van der Waals surface area contributed by atoms with Crippen LogP contribution in [0.1, 0.15) is 35.2 Å². The van der Waals surface area contributed by atoms with Crippen LogP contribution < -0.4 is 0 Å². The van der Waals surface area contributed by atoms with Crippen LogP contribution >= 0.6 is 0 Å². The number of hydrogen-bond donors (Lipinski definition) is 0. The second-order valence-electron chi connectivity index (χ2n) is 7.41. The van der Waals surface area contributed by atoms with E-state index in [0.29, 0.717) is 37.2 Å². The third kappa shape index (κ3) is 3.31. The minimum Gasteiger partial charge on any atom is -0.338 e. The molecule has 2 aliphatic rings. The number of carbonyl (C=O) groups excluding carboxylic acids is 2. The van der Waals surface area contributed by atoms with E-state index in [2.05, 4.69) is 4.98 Å².